The van der Waals surface area contributed by atoms with Gasteiger partial charge >= 0.3 is 0 Å². The average Bonchev–Trinajstić information content (AvgIpc) is 2.73. The van der Waals surface area contributed by atoms with Gasteiger partial charge in [-0.3, -0.25) is 0 Å². The lowest BCUT2D eigenvalue weighted by atomic mass is 9.60. The van der Waals surface area contributed by atoms with Gasteiger partial charge in [-0.25, -0.2) is 0 Å². The van der Waals surface area contributed by atoms with E-state index in [1.807, 2.05) is 37.3 Å². The fraction of sp³-hybridized carbons (Fsp3) is 0.700. The summed E-state index contributed by atoms with van der Waals surface area (Å²) in [4.78, 5) is 0. The SMILES string of the molecule is CCO[C@@H]1OC23OC([C@H]12)[C@@H]3O[C@@H]1O[C@H]2COC(c3ccccc3)O[C@H]2C(O)[C@@H]1O. The molecule has 6 fully saturated rings. The van der Waals surface area contributed by atoms with E-state index in [9.17, 15) is 10.2 Å². The lowest BCUT2D eigenvalue weighted by molar-refractivity contribution is -0.644. The van der Waals surface area contributed by atoms with E-state index in [-0.39, 0.29) is 31.0 Å². The summed E-state index contributed by atoms with van der Waals surface area (Å²) >= 11 is 0. The molecule has 158 valence electrons. The molecule has 5 heterocycles. The Balaban J connectivity index is 1.09. The van der Waals surface area contributed by atoms with E-state index in [1.54, 1.807) is 0 Å². The van der Waals surface area contributed by atoms with Crippen LogP contribution in [0, 0.1) is 5.92 Å². The number of benzene rings is 1. The Labute approximate surface area is 167 Å². The van der Waals surface area contributed by atoms with Crippen LogP contribution in [-0.4, -0.2) is 78.4 Å². The fourth-order valence-electron chi connectivity index (χ4n) is 4.85. The number of hydrogen-bond donors (Lipinski definition) is 2. The first kappa shape index (κ1) is 18.6. The summed E-state index contributed by atoms with van der Waals surface area (Å²) in [6, 6.07) is 9.45. The Hall–Kier alpha value is -1.14. The van der Waals surface area contributed by atoms with Crippen molar-refractivity contribution in [2.45, 2.75) is 68.2 Å². The highest BCUT2D eigenvalue weighted by Crippen LogP contribution is 2.68. The van der Waals surface area contributed by atoms with Crippen LogP contribution in [0.4, 0.5) is 0 Å². The minimum atomic E-state index is -1.26. The molecule has 0 aromatic heterocycles. The zero-order valence-corrected chi connectivity index (χ0v) is 15.8. The number of rotatable bonds is 5. The third-order valence-electron chi connectivity index (χ3n) is 6.44. The number of hydrogen-bond acceptors (Lipinski definition) is 9. The summed E-state index contributed by atoms with van der Waals surface area (Å²) in [5, 5.41) is 21.2. The smallest absolute Gasteiger partial charge is 0.211 e. The van der Waals surface area contributed by atoms with Crippen molar-refractivity contribution in [2.75, 3.05) is 13.2 Å². The molecule has 0 amide bonds. The molecule has 4 unspecified atom stereocenters. The molecular weight excluding hydrogens is 384 g/mol. The molecule has 1 aromatic rings. The van der Waals surface area contributed by atoms with Crippen LogP contribution < -0.4 is 0 Å². The van der Waals surface area contributed by atoms with E-state index in [0.29, 0.717) is 6.61 Å². The molecule has 2 bridgehead atoms. The second kappa shape index (κ2) is 6.68. The quantitative estimate of drug-likeness (QED) is 0.699. The molecule has 6 aliphatic rings. The lowest BCUT2D eigenvalue weighted by Gasteiger charge is -2.78. The van der Waals surface area contributed by atoms with E-state index >= 15 is 0 Å². The van der Waals surface area contributed by atoms with Crippen LogP contribution in [0.1, 0.15) is 18.8 Å². The first-order chi connectivity index (χ1) is 14.1. The van der Waals surface area contributed by atoms with E-state index in [2.05, 4.69) is 0 Å². The minimum absolute atomic E-state index is 0.146. The second-order valence-electron chi connectivity index (χ2n) is 8.03. The zero-order chi connectivity index (χ0) is 19.8. The van der Waals surface area contributed by atoms with E-state index in [1.165, 1.54) is 0 Å². The van der Waals surface area contributed by atoms with Crippen LogP contribution in [0.15, 0.2) is 30.3 Å². The van der Waals surface area contributed by atoms with Crippen LogP contribution in [0.2, 0.25) is 0 Å². The highest BCUT2D eigenvalue weighted by molar-refractivity contribution is 5.25. The Bertz CT molecular complexity index is 760. The summed E-state index contributed by atoms with van der Waals surface area (Å²) < 4.78 is 40.3. The van der Waals surface area contributed by atoms with Crippen LogP contribution >= 0.6 is 0 Å². The highest BCUT2D eigenvalue weighted by Gasteiger charge is 2.88. The maximum absolute atomic E-state index is 10.7. The maximum Gasteiger partial charge on any atom is 0.211 e. The molecule has 5 aliphatic heterocycles. The predicted molar refractivity (Wildman–Crippen MR) is 93.1 cm³/mol. The standard InChI is InChI=1S/C20H24O9/c1-2-23-18-11-15-16(20(11,28-15)29-18)27-19-13(22)12(21)14-10(25-19)8-24-17(26-14)9-6-4-3-5-7-9/h3-7,10-19,21-22H,2,8H2,1H3/t10-,11+,12?,13-,14+,15?,16-,17?,18+,19-,20?/m0/s1. The first-order valence-corrected chi connectivity index (χ1v) is 10.1. The Morgan fingerprint density at radius 2 is 1.86 bits per heavy atom. The number of aliphatic hydroxyl groups is 2. The van der Waals surface area contributed by atoms with Gasteiger partial charge in [0, 0.05) is 12.2 Å². The van der Waals surface area contributed by atoms with Gasteiger partial charge in [0.1, 0.15) is 36.6 Å². The lowest BCUT2D eigenvalue weighted by Crippen LogP contribution is -2.95. The largest absolute Gasteiger partial charge is 0.387 e. The molecule has 29 heavy (non-hydrogen) atoms. The molecule has 1 aromatic carbocycles. The summed E-state index contributed by atoms with van der Waals surface area (Å²) in [7, 11) is 0. The maximum atomic E-state index is 10.7. The van der Waals surface area contributed by atoms with E-state index < -0.39 is 42.8 Å². The Morgan fingerprint density at radius 1 is 1.03 bits per heavy atom. The predicted octanol–water partition coefficient (Wildman–Crippen LogP) is 0.0502. The van der Waals surface area contributed by atoms with Gasteiger partial charge in [0.2, 0.25) is 5.79 Å². The van der Waals surface area contributed by atoms with Crippen LogP contribution in [-0.2, 0) is 33.2 Å². The van der Waals surface area contributed by atoms with Gasteiger partial charge in [-0.05, 0) is 6.92 Å². The molecule has 5 saturated heterocycles. The Kier molecular flexibility index (Phi) is 4.29. The molecule has 0 radical (unpaired) electrons. The third-order valence-corrected chi connectivity index (χ3v) is 6.44. The van der Waals surface area contributed by atoms with Gasteiger partial charge in [0.05, 0.1) is 12.5 Å². The van der Waals surface area contributed by atoms with Gasteiger partial charge in [-0.15, -0.1) is 0 Å². The summed E-state index contributed by atoms with van der Waals surface area (Å²) in [5.41, 5.74) is 0.842. The zero-order valence-electron chi connectivity index (χ0n) is 15.8. The monoisotopic (exact) mass is 408 g/mol. The molecule has 11 atom stereocenters. The van der Waals surface area contributed by atoms with Crippen LogP contribution in [0.5, 0.6) is 0 Å². The molecule has 1 saturated carbocycles. The molecule has 1 aliphatic carbocycles. The molecule has 2 N–H and O–H groups in total. The van der Waals surface area contributed by atoms with Crippen LogP contribution in [0.3, 0.4) is 0 Å². The summed E-state index contributed by atoms with van der Waals surface area (Å²) in [6.45, 7) is 2.70. The van der Waals surface area contributed by atoms with Gasteiger partial charge in [-0.2, -0.15) is 0 Å². The average molecular weight is 408 g/mol. The van der Waals surface area contributed by atoms with Crippen molar-refractivity contribution in [3.05, 3.63) is 35.9 Å². The van der Waals surface area contributed by atoms with E-state index in [4.69, 9.17) is 33.2 Å². The normalized spacial score (nSPS) is 52.4. The molecule has 7 rings (SSSR count). The first-order valence-electron chi connectivity index (χ1n) is 10.1. The fourth-order valence-corrected chi connectivity index (χ4v) is 4.85. The van der Waals surface area contributed by atoms with Crippen LogP contribution in [0.25, 0.3) is 0 Å². The van der Waals surface area contributed by atoms with Gasteiger partial charge < -0.3 is 43.4 Å². The molecule has 9 heteroatoms. The van der Waals surface area contributed by atoms with Gasteiger partial charge in [-0.1, -0.05) is 30.3 Å². The van der Waals surface area contributed by atoms with Gasteiger partial charge in [0.15, 0.2) is 18.9 Å². The minimum Gasteiger partial charge on any atom is -0.387 e. The number of aliphatic hydroxyl groups excluding tert-OH is 2. The highest BCUT2D eigenvalue weighted by atomic mass is 16.9. The topological polar surface area (TPSA) is 105 Å². The van der Waals surface area contributed by atoms with Gasteiger partial charge in [0.25, 0.3) is 0 Å². The molecular formula is C20H24O9. The number of fused-ring (bicyclic) bond motifs is 1. The van der Waals surface area contributed by atoms with Crippen molar-refractivity contribution >= 4 is 0 Å². The van der Waals surface area contributed by atoms with Crippen molar-refractivity contribution in [1.29, 1.82) is 0 Å². The molecule has 9 nitrogen and oxygen atoms in total. The summed E-state index contributed by atoms with van der Waals surface area (Å²) in [5.74, 6) is -0.647. The van der Waals surface area contributed by atoms with Crippen molar-refractivity contribution in [2.24, 2.45) is 5.92 Å². The number of ether oxygens (including phenoxy) is 7. The second-order valence-corrected chi connectivity index (χ2v) is 8.03. The molecule has 1 spiro atoms. The third kappa shape index (κ3) is 2.54. The summed E-state index contributed by atoms with van der Waals surface area (Å²) in [6.07, 6.45) is -6.10. The Morgan fingerprint density at radius 3 is 2.55 bits per heavy atom. The van der Waals surface area contributed by atoms with Crippen molar-refractivity contribution in [3.63, 3.8) is 0 Å². The van der Waals surface area contributed by atoms with Crippen molar-refractivity contribution < 1.29 is 43.4 Å². The van der Waals surface area contributed by atoms with E-state index in [0.717, 1.165) is 5.56 Å². The van der Waals surface area contributed by atoms with Crippen molar-refractivity contribution in [3.8, 4) is 0 Å². The van der Waals surface area contributed by atoms with Crippen molar-refractivity contribution in [1.82, 2.24) is 0 Å².